The van der Waals surface area contributed by atoms with Gasteiger partial charge in [-0.25, -0.2) is 0 Å². The van der Waals surface area contributed by atoms with Crippen molar-refractivity contribution >= 4 is 23.4 Å². The number of aryl methyl sites for hydroxylation is 2. The number of benzene rings is 1. The number of aromatic nitrogens is 3. The summed E-state index contributed by atoms with van der Waals surface area (Å²) < 4.78 is 12.7. The van der Waals surface area contributed by atoms with Crippen molar-refractivity contribution in [1.82, 2.24) is 14.8 Å². The fraction of sp³-hybridized carbons (Fsp3) is 0.286. The molecule has 0 radical (unpaired) electrons. The smallest absolute Gasteiger partial charge is 0.237 e. The Morgan fingerprint density at radius 2 is 2.17 bits per heavy atom. The van der Waals surface area contributed by atoms with E-state index < -0.39 is 5.25 Å². The van der Waals surface area contributed by atoms with Gasteiger partial charge < -0.3 is 14.5 Å². The van der Waals surface area contributed by atoms with Crippen LogP contribution < -0.4 is 10.1 Å². The van der Waals surface area contributed by atoms with E-state index >= 15 is 0 Å². The molecule has 8 heteroatoms. The van der Waals surface area contributed by atoms with E-state index in [-0.39, 0.29) is 5.91 Å². The standard InChI is InChI=1S/C21H24N4O3S/c1-6-10-25-19(16-9-11-28-14(16)3)23-24-21(25)29-15(4)20(26)22-17-12-13(2)7-8-18(17)27-5/h6-9,11-12,15H,1,10H2,2-5H3,(H,22,26)/t15-/m0/s1. The van der Waals surface area contributed by atoms with Crippen molar-refractivity contribution in [3.05, 3.63) is 54.5 Å². The zero-order valence-electron chi connectivity index (χ0n) is 16.9. The first kappa shape index (κ1) is 20.7. The van der Waals surface area contributed by atoms with E-state index in [0.29, 0.717) is 29.0 Å². The first-order valence-electron chi connectivity index (χ1n) is 9.15. The summed E-state index contributed by atoms with van der Waals surface area (Å²) in [7, 11) is 1.58. The van der Waals surface area contributed by atoms with Crippen LogP contribution in [0.2, 0.25) is 0 Å². The number of nitrogens with one attached hydrogen (secondary N) is 1. The molecule has 0 fully saturated rings. The maximum Gasteiger partial charge on any atom is 0.237 e. The van der Waals surface area contributed by atoms with Crippen molar-refractivity contribution in [3.63, 3.8) is 0 Å². The van der Waals surface area contributed by atoms with E-state index in [9.17, 15) is 4.79 Å². The molecule has 1 atom stereocenters. The third-order valence-electron chi connectivity index (χ3n) is 4.39. The summed E-state index contributed by atoms with van der Waals surface area (Å²) in [6.45, 7) is 10.0. The van der Waals surface area contributed by atoms with Crippen LogP contribution in [0.1, 0.15) is 18.2 Å². The van der Waals surface area contributed by atoms with Gasteiger partial charge in [0.15, 0.2) is 11.0 Å². The molecule has 0 saturated heterocycles. The average molecular weight is 413 g/mol. The molecule has 1 N–H and O–H groups in total. The minimum absolute atomic E-state index is 0.145. The normalized spacial score (nSPS) is 11.9. The van der Waals surface area contributed by atoms with Gasteiger partial charge >= 0.3 is 0 Å². The molecular formula is C21H24N4O3S. The molecule has 3 rings (SSSR count). The predicted molar refractivity (Wildman–Crippen MR) is 114 cm³/mol. The Labute approximate surface area is 174 Å². The van der Waals surface area contributed by atoms with E-state index in [2.05, 4.69) is 22.1 Å². The molecule has 7 nitrogen and oxygen atoms in total. The maximum atomic E-state index is 12.8. The SMILES string of the molecule is C=CCn1c(S[C@@H](C)C(=O)Nc2cc(C)ccc2OC)nnc1-c1ccoc1C. The summed E-state index contributed by atoms with van der Waals surface area (Å²) in [6.07, 6.45) is 3.39. The molecule has 0 unspecified atom stereocenters. The van der Waals surface area contributed by atoms with Crippen LogP contribution in [0.5, 0.6) is 5.75 Å². The molecule has 0 aliphatic heterocycles. The highest BCUT2D eigenvalue weighted by atomic mass is 32.2. The number of methoxy groups -OCH3 is 1. The maximum absolute atomic E-state index is 12.8. The van der Waals surface area contributed by atoms with E-state index in [1.807, 2.05) is 49.6 Å². The van der Waals surface area contributed by atoms with Crippen LogP contribution in [-0.4, -0.2) is 33.0 Å². The van der Waals surface area contributed by atoms with Crippen LogP contribution in [0.4, 0.5) is 5.69 Å². The molecule has 0 spiro atoms. The van der Waals surface area contributed by atoms with Crippen LogP contribution >= 0.6 is 11.8 Å². The number of hydrogen-bond donors (Lipinski definition) is 1. The lowest BCUT2D eigenvalue weighted by atomic mass is 10.2. The molecule has 2 heterocycles. The van der Waals surface area contributed by atoms with Crippen LogP contribution in [-0.2, 0) is 11.3 Å². The molecule has 3 aromatic rings. The van der Waals surface area contributed by atoms with E-state index in [4.69, 9.17) is 9.15 Å². The summed E-state index contributed by atoms with van der Waals surface area (Å²) >= 11 is 1.34. The largest absolute Gasteiger partial charge is 0.495 e. The Kier molecular flexibility index (Phi) is 6.43. The molecule has 0 bridgehead atoms. The zero-order valence-corrected chi connectivity index (χ0v) is 17.7. The zero-order chi connectivity index (χ0) is 21.0. The van der Waals surface area contributed by atoms with Crippen molar-refractivity contribution in [1.29, 1.82) is 0 Å². The highest BCUT2D eigenvalue weighted by Gasteiger charge is 2.22. The highest BCUT2D eigenvalue weighted by molar-refractivity contribution is 8.00. The summed E-state index contributed by atoms with van der Waals surface area (Å²) in [6, 6.07) is 7.51. The van der Waals surface area contributed by atoms with Gasteiger partial charge in [-0.3, -0.25) is 9.36 Å². The summed E-state index contributed by atoms with van der Waals surface area (Å²) in [4.78, 5) is 12.8. The van der Waals surface area contributed by atoms with Crippen molar-refractivity contribution in [3.8, 4) is 17.1 Å². The first-order valence-corrected chi connectivity index (χ1v) is 10.0. The van der Waals surface area contributed by atoms with Crippen molar-refractivity contribution in [2.75, 3.05) is 12.4 Å². The second kappa shape index (κ2) is 9.00. The topological polar surface area (TPSA) is 82.2 Å². The van der Waals surface area contributed by atoms with Gasteiger partial charge in [0.25, 0.3) is 0 Å². The van der Waals surface area contributed by atoms with E-state index in [1.54, 1.807) is 19.4 Å². The van der Waals surface area contributed by atoms with Gasteiger partial charge in [0.1, 0.15) is 11.5 Å². The van der Waals surface area contributed by atoms with E-state index in [1.165, 1.54) is 11.8 Å². The number of carbonyl (C=O) groups excluding carboxylic acids is 1. The van der Waals surface area contributed by atoms with Gasteiger partial charge in [0, 0.05) is 6.54 Å². The Morgan fingerprint density at radius 3 is 2.83 bits per heavy atom. The minimum Gasteiger partial charge on any atom is -0.495 e. The Bertz CT molecular complexity index is 1020. The number of nitrogens with zero attached hydrogens (tertiary/aromatic N) is 3. The van der Waals surface area contributed by atoms with Crippen LogP contribution in [0.3, 0.4) is 0 Å². The van der Waals surface area contributed by atoms with Crippen molar-refractivity contribution in [2.24, 2.45) is 0 Å². The molecule has 2 aromatic heterocycles. The predicted octanol–water partition coefficient (Wildman–Crippen LogP) is 4.47. The quantitative estimate of drug-likeness (QED) is 0.434. The molecular weight excluding hydrogens is 388 g/mol. The summed E-state index contributed by atoms with van der Waals surface area (Å²) in [5.74, 6) is 1.92. The van der Waals surface area contributed by atoms with Gasteiger partial charge in [0.2, 0.25) is 5.91 Å². The fourth-order valence-corrected chi connectivity index (χ4v) is 3.71. The molecule has 29 heavy (non-hydrogen) atoms. The van der Waals surface area contributed by atoms with E-state index in [0.717, 1.165) is 16.9 Å². The van der Waals surface area contributed by atoms with Crippen molar-refractivity contribution < 1.29 is 13.9 Å². The Hall–Kier alpha value is -3.00. The molecule has 0 aliphatic rings. The van der Waals surface area contributed by atoms with Gasteiger partial charge in [0.05, 0.1) is 29.9 Å². The first-order chi connectivity index (χ1) is 13.9. The van der Waals surface area contributed by atoms with Gasteiger partial charge in [-0.15, -0.1) is 16.8 Å². The number of anilines is 1. The highest BCUT2D eigenvalue weighted by Crippen LogP contribution is 2.30. The van der Waals surface area contributed by atoms with Gasteiger partial charge in [-0.1, -0.05) is 23.9 Å². The van der Waals surface area contributed by atoms with Crippen molar-refractivity contribution in [2.45, 2.75) is 37.7 Å². The summed E-state index contributed by atoms with van der Waals surface area (Å²) in [5, 5.41) is 11.8. The van der Waals surface area contributed by atoms with Gasteiger partial charge in [-0.05, 0) is 44.5 Å². The Balaban J connectivity index is 1.80. The number of rotatable bonds is 8. The molecule has 1 aromatic carbocycles. The monoisotopic (exact) mass is 412 g/mol. The third-order valence-corrected chi connectivity index (χ3v) is 5.47. The average Bonchev–Trinajstić information content (AvgIpc) is 3.28. The second-order valence-corrected chi connectivity index (χ2v) is 7.86. The molecule has 1 amide bonds. The Morgan fingerprint density at radius 1 is 1.38 bits per heavy atom. The number of thioether (sulfide) groups is 1. The van der Waals surface area contributed by atoms with Crippen LogP contribution in [0.15, 0.2) is 52.8 Å². The number of furan rings is 1. The van der Waals surface area contributed by atoms with Crippen LogP contribution in [0.25, 0.3) is 11.4 Å². The molecule has 152 valence electrons. The molecule has 0 aliphatic carbocycles. The number of carbonyl (C=O) groups is 1. The second-order valence-electron chi connectivity index (χ2n) is 6.55. The lowest BCUT2D eigenvalue weighted by Crippen LogP contribution is -2.23. The number of allylic oxidation sites excluding steroid dienone is 1. The summed E-state index contributed by atoms with van der Waals surface area (Å²) in [5.41, 5.74) is 2.55. The fourth-order valence-electron chi connectivity index (χ4n) is 2.85. The van der Waals surface area contributed by atoms with Gasteiger partial charge in [-0.2, -0.15) is 0 Å². The lowest BCUT2D eigenvalue weighted by molar-refractivity contribution is -0.115. The third kappa shape index (κ3) is 4.54. The number of ether oxygens (including phenoxy) is 1. The number of hydrogen-bond acceptors (Lipinski definition) is 6. The number of amides is 1. The lowest BCUT2D eigenvalue weighted by Gasteiger charge is -2.15. The minimum atomic E-state index is -0.397. The van der Waals surface area contributed by atoms with Crippen LogP contribution in [0, 0.1) is 13.8 Å². The molecule has 0 saturated carbocycles.